The fourth-order valence-electron chi connectivity index (χ4n) is 5.94. The highest BCUT2D eigenvalue weighted by Gasteiger charge is 2.37. The quantitative estimate of drug-likeness (QED) is 0.312. The minimum atomic E-state index is -0.339. The molecule has 2 heterocycles. The van der Waals surface area contributed by atoms with Gasteiger partial charge in [0.25, 0.3) is 0 Å². The van der Waals surface area contributed by atoms with Crippen molar-refractivity contribution < 1.29 is 9.59 Å². The lowest BCUT2D eigenvalue weighted by Gasteiger charge is -2.33. The van der Waals surface area contributed by atoms with Crippen LogP contribution in [0, 0.1) is 11.8 Å². The van der Waals surface area contributed by atoms with Gasteiger partial charge in [-0.1, -0.05) is 78.3 Å². The third-order valence-electron chi connectivity index (χ3n) is 8.10. The molecule has 0 aliphatic carbocycles. The second kappa shape index (κ2) is 13.3. The van der Waals surface area contributed by atoms with Crippen molar-refractivity contribution in [3.8, 4) is 0 Å². The molecule has 3 aromatic carbocycles. The first-order valence-corrected chi connectivity index (χ1v) is 14.6. The molecule has 2 saturated heterocycles. The van der Waals surface area contributed by atoms with Crippen LogP contribution in [0.1, 0.15) is 36.8 Å². The Morgan fingerprint density at radius 2 is 1.59 bits per heavy atom. The highest BCUT2D eigenvalue weighted by Crippen LogP contribution is 2.27. The van der Waals surface area contributed by atoms with Crippen molar-refractivity contribution >= 4 is 29.1 Å². The van der Waals surface area contributed by atoms with Crippen molar-refractivity contribution in [2.45, 2.75) is 38.6 Å². The largest absolute Gasteiger partial charge is 0.338 e. The van der Waals surface area contributed by atoms with E-state index in [-0.39, 0.29) is 24.2 Å². The molecule has 5 nitrogen and oxygen atoms in total. The number of piperidine rings is 1. The molecule has 0 spiro atoms. The van der Waals surface area contributed by atoms with Crippen LogP contribution in [0.15, 0.2) is 84.9 Å². The zero-order valence-electron chi connectivity index (χ0n) is 22.6. The Morgan fingerprint density at radius 3 is 2.28 bits per heavy atom. The van der Waals surface area contributed by atoms with Crippen LogP contribution in [-0.2, 0) is 22.6 Å². The fraction of sp³-hybridized carbons (Fsp3) is 0.394. The van der Waals surface area contributed by atoms with Crippen molar-refractivity contribution in [1.29, 1.82) is 0 Å². The zero-order valence-corrected chi connectivity index (χ0v) is 23.3. The lowest BCUT2D eigenvalue weighted by molar-refractivity contribution is -0.128. The van der Waals surface area contributed by atoms with E-state index in [1.807, 2.05) is 64.4 Å². The molecule has 1 unspecified atom stereocenters. The number of likely N-dealkylation sites (tertiary alicyclic amines) is 2. The number of carbonyl (C=O) groups is 2. The molecule has 2 aliphatic heterocycles. The van der Waals surface area contributed by atoms with Gasteiger partial charge >= 0.3 is 0 Å². The number of carbonyl (C=O) groups excluding carboxylic acids is 2. The Kier molecular flexibility index (Phi) is 9.33. The average Bonchev–Trinajstić information content (AvgIpc) is 3.32. The molecule has 0 radical (unpaired) electrons. The fourth-order valence-corrected chi connectivity index (χ4v) is 6.12. The van der Waals surface area contributed by atoms with E-state index >= 15 is 0 Å². The lowest BCUT2D eigenvalue weighted by Crippen LogP contribution is -2.40. The molecule has 1 atom stereocenters. The third kappa shape index (κ3) is 7.49. The van der Waals surface area contributed by atoms with Crippen molar-refractivity contribution in [1.82, 2.24) is 9.80 Å². The first-order chi connectivity index (χ1) is 19.0. The third-order valence-corrected chi connectivity index (χ3v) is 8.33. The highest BCUT2D eigenvalue weighted by atomic mass is 35.5. The van der Waals surface area contributed by atoms with Gasteiger partial charge in [-0.3, -0.25) is 9.59 Å². The summed E-state index contributed by atoms with van der Waals surface area (Å²) in [5, 5.41) is 0.610. The Morgan fingerprint density at radius 1 is 0.897 bits per heavy atom. The SMILES string of the molecule is O=C1CC(C(=O)N(CCCN2CCC(Cc3ccccc3)CC2)c2cccc(Cl)c2)CN1Cc1ccccc1. The summed E-state index contributed by atoms with van der Waals surface area (Å²) in [6.07, 6.45) is 4.74. The summed E-state index contributed by atoms with van der Waals surface area (Å²) in [5.74, 6) is 0.463. The highest BCUT2D eigenvalue weighted by molar-refractivity contribution is 6.30. The van der Waals surface area contributed by atoms with Gasteiger partial charge in [0, 0.05) is 36.8 Å². The van der Waals surface area contributed by atoms with Gasteiger partial charge in [0.2, 0.25) is 11.8 Å². The molecular weight excluding hydrogens is 506 g/mol. The molecular formula is C33H38ClN3O2. The molecule has 0 saturated carbocycles. The molecule has 2 amide bonds. The van der Waals surface area contributed by atoms with E-state index in [0.29, 0.717) is 24.7 Å². The molecule has 0 N–H and O–H groups in total. The summed E-state index contributed by atoms with van der Waals surface area (Å²) < 4.78 is 0. The summed E-state index contributed by atoms with van der Waals surface area (Å²) in [5.41, 5.74) is 3.32. The van der Waals surface area contributed by atoms with E-state index in [1.54, 1.807) is 0 Å². The first-order valence-electron chi connectivity index (χ1n) is 14.2. The predicted molar refractivity (Wildman–Crippen MR) is 158 cm³/mol. The summed E-state index contributed by atoms with van der Waals surface area (Å²) in [7, 11) is 0. The topological polar surface area (TPSA) is 43.9 Å². The number of amides is 2. The van der Waals surface area contributed by atoms with Crippen molar-refractivity contribution in [2.75, 3.05) is 37.6 Å². The molecule has 0 bridgehead atoms. The first kappa shape index (κ1) is 27.4. The summed E-state index contributed by atoms with van der Waals surface area (Å²) in [4.78, 5) is 32.8. The van der Waals surface area contributed by atoms with Crippen molar-refractivity contribution in [2.24, 2.45) is 11.8 Å². The van der Waals surface area contributed by atoms with Gasteiger partial charge in [0.05, 0.1) is 5.92 Å². The van der Waals surface area contributed by atoms with Gasteiger partial charge in [0.1, 0.15) is 0 Å². The number of benzene rings is 3. The normalized spacial score (nSPS) is 18.4. The van der Waals surface area contributed by atoms with Gasteiger partial charge in [-0.25, -0.2) is 0 Å². The molecule has 39 heavy (non-hydrogen) atoms. The van der Waals surface area contributed by atoms with E-state index in [9.17, 15) is 9.59 Å². The molecule has 0 aromatic heterocycles. The Labute approximate surface area is 237 Å². The monoisotopic (exact) mass is 543 g/mol. The summed E-state index contributed by atoms with van der Waals surface area (Å²) >= 11 is 6.31. The maximum Gasteiger partial charge on any atom is 0.232 e. The maximum atomic E-state index is 13.8. The summed E-state index contributed by atoms with van der Waals surface area (Å²) in [6.45, 7) is 4.79. The molecule has 5 rings (SSSR count). The van der Waals surface area contributed by atoms with Crippen molar-refractivity contribution in [3.63, 3.8) is 0 Å². The van der Waals surface area contributed by atoms with E-state index in [4.69, 9.17) is 11.6 Å². The van der Waals surface area contributed by atoms with E-state index in [1.165, 1.54) is 18.4 Å². The molecule has 204 valence electrons. The van der Waals surface area contributed by atoms with Crippen LogP contribution in [0.2, 0.25) is 5.02 Å². The van der Waals surface area contributed by atoms with Crippen LogP contribution < -0.4 is 4.90 Å². The minimum absolute atomic E-state index is 0.0164. The Bertz CT molecular complexity index is 1230. The van der Waals surface area contributed by atoms with Crippen LogP contribution in [0.4, 0.5) is 5.69 Å². The predicted octanol–water partition coefficient (Wildman–Crippen LogP) is 6.07. The maximum absolute atomic E-state index is 13.8. The Balaban J connectivity index is 1.16. The van der Waals surface area contributed by atoms with Gasteiger partial charge < -0.3 is 14.7 Å². The second-order valence-corrected chi connectivity index (χ2v) is 11.4. The van der Waals surface area contributed by atoms with E-state index in [2.05, 4.69) is 35.2 Å². The van der Waals surface area contributed by atoms with E-state index < -0.39 is 0 Å². The second-order valence-electron chi connectivity index (χ2n) is 11.0. The molecule has 2 aliphatic rings. The van der Waals surface area contributed by atoms with Crippen LogP contribution in [0.3, 0.4) is 0 Å². The number of anilines is 1. The smallest absolute Gasteiger partial charge is 0.232 e. The molecule has 3 aromatic rings. The van der Waals surface area contributed by atoms with Gasteiger partial charge in [0.15, 0.2) is 0 Å². The number of hydrogen-bond donors (Lipinski definition) is 0. The number of nitrogens with zero attached hydrogens (tertiary/aromatic N) is 3. The summed E-state index contributed by atoms with van der Waals surface area (Å²) in [6, 6.07) is 28.3. The van der Waals surface area contributed by atoms with E-state index in [0.717, 1.165) is 49.6 Å². The van der Waals surface area contributed by atoms with Crippen LogP contribution in [0.25, 0.3) is 0 Å². The zero-order chi connectivity index (χ0) is 27.0. The van der Waals surface area contributed by atoms with Crippen LogP contribution >= 0.6 is 11.6 Å². The van der Waals surface area contributed by atoms with Crippen molar-refractivity contribution in [3.05, 3.63) is 101 Å². The standard InChI is InChI=1S/C33H38ClN3O2/c34-30-13-7-14-31(23-30)37(33(39)29-22-32(38)36(25-29)24-28-11-5-2-6-12-28)18-8-17-35-19-15-27(16-20-35)21-26-9-3-1-4-10-26/h1-7,9-14,23,27,29H,8,15-22,24-25H2. The van der Waals surface area contributed by atoms with Gasteiger partial charge in [-0.2, -0.15) is 0 Å². The van der Waals surface area contributed by atoms with Gasteiger partial charge in [-0.05, 0) is 80.6 Å². The number of hydrogen-bond acceptors (Lipinski definition) is 3. The minimum Gasteiger partial charge on any atom is -0.338 e. The lowest BCUT2D eigenvalue weighted by atomic mass is 9.90. The average molecular weight is 544 g/mol. The van der Waals surface area contributed by atoms with Crippen LogP contribution in [0.5, 0.6) is 0 Å². The molecule has 6 heteroatoms. The Hall–Kier alpha value is -3.15. The van der Waals surface area contributed by atoms with Crippen LogP contribution in [-0.4, -0.2) is 54.3 Å². The van der Waals surface area contributed by atoms with Gasteiger partial charge in [-0.15, -0.1) is 0 Å². The number of rotatable bonds is 10. The molecule has 2 fully saturated rings. The number of halogens is 1.